The van der Waals surface area contributed by atoms with Crippen LogP contribution in [0, 0.1) is 5.92 Å². The summed E-state index contributed by atoms with van der Waals surface area (Å²) >= 11 is 0. The van der Waals surface area contributed by atoms with E-state index in [1.807, 2.05) is 0 Å². The molecular formula is C11H22N2O2S. The van der Waals surface area contributed by atoms with Gasteiger partial charge in [-0.25, -0.2) is 13.1 Å². The van der Waals surface area contributed by atoms with Gasteiger partial charge in [0, 0.05) is 12.1 Å². The maximum atomic E-state index is 11.8. The van der Waals surface area contributed by atoms with Crippen LogP contribution in [0.3, 0.4) is 0 Å². The van der Waals surface area contributed by atoms with Crippen molar-refractivity contribution in [2.45, 2.75) is 50.5 Å². The minimum Gasteiger partial charge on any atom is -0.324 e. The zero-order chi connectivity index (χ0) is 11.6. The summed E-state index contributed by atoms with van der Waals surface area (Å²) in [5.74, 6) is 0.682. The quantitative estimate of drug-likeness (QED) is 0.759. The molecule has 2 aliphatic carbocycles. The van der Waals surface area contributed by atoms with Gasteiger partial charge in [0.15, 0.2) is 0 Å². The average Bonchev–Trinajstić information content (AvgIpc) is 2.97. The van der Waals surface area contributed by atoms with Crippen LogP contribution in [-0.4, -0.2) is 26.3 Å². The highest BCUT2D eigenvalue weighted by Gasteiger charge is 2.33. The van der Waals surface area contributed by atoms with Gasteiger partial charge in [0.05, 0.1) is 5.75 Å². The lowest BCUT2D eigenvalue weighted by Gasteiger charge is -2.32. The van der Waals surface area contributed by atoms with Crippen LogP contribution in [0.25, 0.3) is 0 Å². The summed E-state index contributed by atoms with van der Waals surface area (Å²) in [6.45, 7) is 0.610. The van der Waals surface area contributed by atoms with E-state index in [0.717, 1.165) is 38.5 Å². The van der Waals surface area contributed by atoms with Crippen molar-refractivity contribution in [3.05, 3.63) is 0 Å². The van der Waals surface area contributed by atoms with Crippen LogP contribution in [0.4, 0.5) is 0 Å². The summed E-state index contributed by atoms with van der Waals surface area (Å²) in [5, 5.41) is 0. The molecule has 0 radical (unpaired) electrons. The van der Waals surface area contributed by atoms with E-state index in [4.69, 9.17) is 5.73 Å². The van der Waals surface area contributed by atoms with Crippen molar-refractivity contribution in [1.82, 2.24) is 4.72 Å². The first kappa shape index (κ1) is 12.3. The Bertz CT molecular complexity index is 330. The Labute approximate surface area is 98.0 Å². The second-order valence-electron chi connectivity index (χ2n) is 5.47. The largest absolute Gasteiger partial charge is 0.324 e. The number of sulfonamides is 1. The molecule has 0 saturated heterocycles. The zero-order valence-corrected chi connectivity index (χ0v) is 10.6. The van der Waals surface area contributed by atoms with Crippen molar-refractivity contribution >= 4 is 10.0 Å². The van der Waals surface area contributed by atoms with Crippen molar-refractivity contribution in [2.24, 2.45) is 11.7 Å². The molecule has 0 aromatic carbocycles. The normalized spacial score (nSPS) is 25.6. The minimum absolute atomic E-state index is 0.104. The molecule has 2 saturated carbocycles. The summed E-state index contributed by atoms with van der Waals surface area (Å²) in [4.78, 5) is 0. The molecular weight excluding hydrogens is 224 g/mol. The molecule has 2 fully saturated rings. The Morgan fingerprint density at radius 2 is 1.81 bits per heavy atom. The van der Waals surface area contributed by atoms with Crippen molar-refractivity contribution in [2.75, 3.05) is 12.3 Å². The zero-order valence-electron chi connectivity index (χ0n) is 9.74. The fourth-order valence-electron chi connectivity index (χ4n) is 2.40. The average molecular weight is 246 g/mol. The highest BCUT2D eigenvalue weighted by Crippen LogP contribution is 2.29. The maximum absolute atomic E-state index is 11.8. The van der Waals surface area contributed by atoms with Gasteiger partial charge in [-0.1, -0.05) is 19.3 Å². The molecule has 0 heterocycles. The highest BCUT2D eigenvalue weighted by atomic mass is 32.2. The van der Waals surface area contributed by atoms with Gasteiger partial charge in [0.2, 0.25) is 10.0 Å². The van der Waals surface area contributed by atoms with E-state index in [2.05, 4.69) is 4.72 Å². The van der Waals surface area contributed by atoms with Gasteiger partial charge in [0.25, 0.3) is 0 Å². The summed E-state index contributed by atoms with van der Waals surface area (Å²) in [6, 6.07) is 0. The summed E-state index contributed by atoms with van der Waals surface area (Å²) in [7, 11) is -3.17. The molecule has 0 aromatic rings. The van der Waals surface area contributed by atoms with Gasteiger partial charge in [-0.15, -0.1) is 0 Å². The van der Waals surface area contributed by atoms with E-state index in [-0.39, 0.29) is 5.75 Å². The Morgan fingerprint density at radius 1 is 1.19 bits per heavy atom. The fourth-order valence-corrected chi connectivity index (χ4v) is 4.03. The lowest BCUT2D eigenvalue weighted by Crippen LogP contribution is -2.50. The van der Waals surface area contributed by atoms with Crippen LogP contribution in [0.5, 0.6) is 0 Å². The van der Waals surface area contributed by atoms with Gasteiger partial charge in [0.1, 0.15) is 0 Å². The molecule has 3 N–H and O–H groups in total. The van der Waals surface area contributed by atoms with Crippen LogP contribution < -0.4 is 10.5 Å². The van der Waals surface area contributed by atoms with Crippen LogP contribution >= 0.6 is 0 Å². The van der Waals surface area contributed by atoms with Crippen molar-refractivity contribution in [1.29, 1.82) is 0 Å². The van der Waals surface area contributed by atoms with Gasteiger partial charge in [-0.3, -0.25) is 0 Å². The molecule has 16 heavy (non-hydrogen) atoms. The lowest BCUT2D eigenvalue weighted by atomic mass is 9.84. The van der Waals surface area contributed by atoms with Crippen molar-refractivity contribution in [3.63, 3.8) is 0 Å². The summed E-state index contributed by atoms with van der Waals surface area (Å²) in [6.07, 6.45) is 7.33. The van der Waals surface area contributed by atoms with E-state index in [0.29, 0.717) is 12.5 Å². The molecule has 4 nitrogen and oxygen atoms in total. The van der Waals surface area contributed by atoms with Gasteiger partial charge in [-0.05, 0) is 31.6 Å². The van der Waals surface area contributed by atoms with E-state index in [1.54, 1.807) is 0 Å². The molecule has 2 aliphatic rings. The van der Waals surface area contributed by atoms with Gasteiger partial charge < -0.3 is 5.73 Å². The second kappa shape index (κ2) is 4.63. The van der Waals surface area contributed by atoms with E-state index >= 15 is 0 Å². The van der Waals surface area contributed by atoms with Crippen LogP contribution in [0.1, 0.15) is 44.9 Å². The van der Waals surface area contributed by atoms with E-state index in [9.17, 15) is 8.42 Å². The molecule has 2 rings (SSSR count). The smallest absolute Gasteiger partial charge is 0.213 e. The second-order valence-corrected chi connectivity index (χ2v) is 7.28. The Kier molecular flexibility index (Phi) is 3.56. The fraction of sp³-hybridized carbons (Fsp3) is 1.00. The maximum Gasteiger partial charge on any atom is 0.213 e. The third kappa shape index (κ3) is 3.71. The summed E-state index contributed by atoms with van der Waals surface area (Å²) < 4.78 is 26.4. The first-order valence-electron chi connectivity index (χ1n) is 6.25. The number of hydrogen-bond donors (Lipinski definition) is 2. The molecule has 5 heteroatoms. The first-order valence-corrected chi connectivity index (χ1v) is 7.91. The predicted octanol–water partition coefficient (Wildman–Crippen LogP) is 0.977. The van der Waals surface area contributed by atoms with Crippen LogP contribution in [0.2, 0.25) is 0 Å². The van der Waals surface area contributed by atoms with E-state index < -0.39 is 15.6 Å². The molecule has 0 unspecified atom stereocenters. The molecule has 0 amide bonds. The molecule has 94 valence electrons. The third-order valence-corrected chi connectivity index (χ3v) is 5.18. The summed E-state index contributed by atoms with van der Waals surface area (Å²) in [5.41, 5.74) is 5.67. The number of nitrogens with two attached hydrogens (primary N) is 1. The third-order valence-electron chi connectivity index (χ3n) is 3.62. The number of hydrogen-bond acceptors (Lipinski definition) is 3. The Hall–Kier alpha value is -0.130. The SMILES string of the molecule is NC1(CS(=O)(=O)NCC2CC2)CCCCC1. The predicted molar refractivity (Wildman–Crippen MR) is 64.5 cm³/mol. The molecule has 0 spiro atoms. The van der Waals surface area contributed by atoms with E-state index in [1.165, 1.54) is 6.42 Å². The standard InChI is InChI=1S/C11H22N2O2S/c12-11(6-2-1-3-7-11)9-16(14,15)13-8-10-4-5-10/h10,13H,1-9,12H2. The monoisotopic (exact) mass is 246 g/mol. The Morgan fingerprint density at radius 3 is 2.38 bits per heavy atom. The molecule has 0 atom stereocenters. The van der Waals surface area contributed by atoms with Crippen LogP contribution in [0.15, 0.2) is 0 Å². The number of rotatable bonds is 5. The lowest BCUT2D eigenvalue weighted by molar-refractivity contribution is 0.323. The van der Waals surface area contributed by atoms with Crippen LogP contribution in [-0.2, 0) is 10.0 Å². The molecule has 0 aliphatic heterocycles. The minimum atomic E-state index is -3.17. The van der Waals surface area contributed by atoms with Crippen molar-refractivity contribution < 1.29 is 8.42 Å². The van der Waals surface area contributed by atoms with Gasteiger partial charge >= 0.3 is 0 Å². The molecule has 0 aromatic heterocycles. The highest BCUT2D eigenvalue weighted by molar-refractivity contribution is 7.89. The topological polar surface area (TPSA) is 72.2 Å². The Balaban J connectivity index is 1.85. The van der Waals surface area contributed by atoms with Gasteiger partial charge in [-0.2, -0.15) is 0 Å². The first-order chi connectivity index (χ1) is 7.49. The molecule has 0 bridgehead atoms. The number of nitrogens with one attached hydrogen (secondary N) is 1. The van der Waals surface area contributed by atoms with Crippen molar-refractivity contribution in [3.8, 4) is 0 Å².